The number of nitrogens with zero attached hydrogens (tertiary/aromatic N) is 4. The minimum Gasteiger partial charge on any atom is -0.496 e. The Morgan fingerprint density at radius 2 is 2.20 bits per heavy atom. The predicted octanol–water partition coefficient (Wildman–Crippen LogP) is 1.72. The summed E-state index contributed by atoms with van der Waals surface area (Å²) < 4.78 is 20.5. The van der Waals surface area contributed by atoms with Gasteiger partial charge in [-0.2, -0.15) is 5.10 Å². The Labute approximate surface area is 146 Å². The van der Waals surface area contributed by atoms with Gasteiger partial charge in [-0.15, -0.1) is 0 Å². The second-order valence-electron chi connectivity index (χ2n) is 6.59. The SMILES string of the molecule is COc1cc(F)ccc1CC(=O)N1Cc2ccnn2[C@@H](CN(C)C)C1. The molecule has 0 radical (unpaired) electrons. The van der Waals surface area contributed by atoms with E-state index in [4.69, 9.17) is 4.74 Å². The fourth-order valence-electron chi connectivity index (χ4n) is 3.27. The van der Waals surface area contributed by atoms with Crippen LogP contribution in [0.1, 0.15) is 17.3 Å². The number of carbonyl (C=O) groups is 1. The summed E-state index contributed by atoms with van der Waals surface area (Å²) in [5.74, 6) is 0.0299. The number of aromatic nitrogens is 2. The lowest BCUT2D eigenvalue weighted by atomic mass is 10.1. The van der Waals surface area contributed by atoms with Crippen molar-refractivity contribution in [3.05, 3.63) is 47.5 Å². The molecule has 1 atom stereocenters. The molecule has 3 rings (SSSR count). The van der Waals surface area contributed by atoms with E-state index in [0.29, 0.717) is 24.4 Å². The molecule has 2 heterocycles. The van der Waals surface area contributed by atoms with E-state index in [9.17, 15) is 9.18 Å². The first-order chi connectivity index (χ1) is 12.0. The van der Waals surface area contributed by atoms with Gasteiger partial charge >= 0.3 is 0 Å². The molecule has 1 aromatic heterocycles. The fourth-order valence-corrected chi connectivity index (χ4v) is 3.27. The molecule has 6 nitrogen and oxygen atoms in total. The van der Waals surface area contributed by atoms with Crippen LogP contribution in [0.25, 0.3) is 0 Å². The van der Waals surface area contributed by atoms with Crippen molar-refractivity contribution < 1.29 is 13.9 Å². The number of hydrogen-bond acceptors (Lipinski definition) is 4. The monoisotopic (exact) mass is 346 g/mol. The number of rotatable bonds is 5. The molecule has 25 heavy (non-hydrogen) atoms. The molecule has 0 aliphatic carbocycles. The second-order valence-corrected chi connectivity index (χ2v) is 6.59. The molecule has 1 aliphatic heterocycles. The van der Waals surface area contributed by atoms with E-state index in [1.165, 1.54) is 19.2 Å². The smallest absolute Gasteiger partial charge is 0.227 e. The predicted molar refractivity (Wildman–Crippen MR) is 91.9 cm³/mol. The number of benzene rings is 1. The molecule has 0 unspecified atom stereocenters. The number of likely N-dealkylation sites (N-methyl/N-ethyl adjacent to an activating group) is 1. The molecule has 0 fully saturated rings. The summed E-state index contributed by atoms with van der Waals surface area (Å²) in [6.45, 7) is 1.94. The van der Waals surface area contributed by atoms with Crippen LogP contribution in [0.3, 0.4) is 0 Å². The molecule has 0 saturated carbocycles. The zero-order valence-electron chi connectivity index (χ0n) is 14.8. The summed E-state index contributed by atoms with van der Waals surface area (Å²) in [6.07, 6.45) is 1.96. The number of methoxy groups -OCH3 is 1. The van der Waals surface area contributed by atoms with Gasteiger partial charge in [0, 0.05) is 30.9 Å². The molecule has 0 bridgehead atoms. The molecule has 1 amide bonds. The van der Waals surface area contributed by atoms with Gasteiger partial charge in [0.15, 0.2) is 0 Å². The summed E-state index contributed by atoms with van der Waals surface area (Å²) >= 11 is 0. The quantitative estimate of drug-likeness (QED) is 0.827. The normalized spacial score (nSPS) is 16.8. The van der Waals surface area contributed by atoms with Gasteiger partial charge in [0.05, 0.1) is 31.8 Å². The van der Waals surface area contributed by atoms with Crippen molar-refractivity contribution >= 4 is 5.91 Å². The summed E-state index contributed by atoms with van der Waals surface area (Å²) in [4.78, 5) is 16.7. The van der Waals surface area contributed by atoms with E-state index in [1.54, 1.807) is 12.3 Å². The zero-order chi connectivity index (χ0) is 18.0. The van der Waals surface area contributed by atoms with Gasteiger partial charge < -0.3 is 14.5 Å². The van der Waals surface area contributed by atoms with Crippen molar-refractivity contribution in [1.82, 2.24) is 19.6 Å². The molecule has 1 aliphatic rings. The van der Waals surface area contributed by atoms with Crippen molar-refractivity contribution in [3.8, 4) is 5.75 Å². The summed E-state index contributed by atoms with van der Waals surface area (Å²) in [7, 11) is 5.50. The van der Waals surface area contributed by atoms with E-state index in [0.717, 1.165) is 12.2 Å². The average Bonchev–Trinajstić information content (AvgIpc) is 3.04. The molecule has 0 spiro atoms. The van der Waals surface area contributed by atoms with Crippen LogP contribution in [0.15, 0.2) is 30.5 Å². The van der Waals surface area contributed by atoms with Gasteiger partial charge in [-0.1, -0.05) is 6.07 Å². The van der Waals surface area contributed by atoms with E-state index in [-0.39, 0.29) is 24.2 Å². The summed E-state index contributed by atoms with van der Waals surface area (Å²) in [5, 5.41) is 4.40. The topological polar surface area (TPSA) is 50.6 Å². The highest BCUT2D eigenvalue weighted by Crippen LogP contribution is 2.24. The highest BCUT2D eigenvalue weighted by atomic mass is 19.1. The molecular formula is C18H23FN4O2. The molecule has 0 saturated heterocycles. The molecule has 7 heteroatoms. The van der Waals surface area contributed by atoms with Crippen molar-refractivity contribution in [2.45, 2.75) is 19.0 Å². The van der Waals surface area contributed by atoms with Crippen LogP contribution in [-0.4, -0.2) is 59.8 Å². The molecular weight excluding hydrogens is 323 g/mol. The Balaban J connectivity index is 1.77. The lowest BCUT2D eigenvalue weighted by molar-refractivity contribution is -0.132. The third kappa shape index (κ3) is 3.82. The third-order valence-corrected chi connectivity index (χ3v) is 4.40. The Hall–Kier alpha value is -2.41. The average molecular weight is 346 g/mol. The first-order valence-corrected chi connectivity index (χ1v) is 8.25. The molecule has 1 aromatic carbocycles. The zero-order valence-corrected chi connectivity index (χ0v) is 14.8. The van der Waals surface area contributed by atoms with Gasteiger partial charge in [0.25, 0.3) is 0 Å². The number of hydrogen-bond donors (Lipinski definition) is 0. The van der Waals surface area contributed by atoms with Gasteiger partial charge in [0.1, 0.15) is 11.6 Å². The van der Waals surface area contributed by atoms with Crippen LogP contribution in [0.4, 0.5) is 4.39 Å². The van der Waals surface area contributed by atoms with Crippen molar-refractivity contribution in [3.63, 3.8) is 0 Å². The number of amides is 1. The van der Waals surface area contributed by atoms with Gasteiger partial charge in [-0.05, 0) is 26.2 Å². The number of fused-ring (bicyclic) bond motifs is 1. The van der Waals surface area contributed by atoms with Crippen LogP contribution < -0.4 is 4.74 Å². The Morgan fingerprint density at radius 1 is 1.40 bits per heavy atom. The minimum atomic E-state index is -0.374. The van der Waals surface area contributed by atoms with Crippen LogP contribution in [0.2, 0.25) is 0 Å². The van der Waals surface area contributed by atoms with Crippen LogP contribution in [0, 0.1) is 5.82 Å². The van der Waals surface area contributed by atoms with Gasteiger partial charge in [0.2, 0.25) is 5.91 Å². The minimum absolute atomic E-state index is 0.00103. The number of ether oxygens (including phenoxy) is 1. The Morgan fingerprint density at radius 3 is 2.92 bits per heavy atom. The van der Waals surface area contributed by atoms with Crippen molar-refractivity contribution in [2.75, 3.05) is 34.3 Å². The van der Waals surface area contributed by atoms with Gasteiger partial charge in [-0.25, -0.2) is 4.39 Å². The standard InChI is InChI=1S/C18H23FN4O2/c1-21(2)10-16-12-22(11-15-6-7-20-23(15)16)18(24)8-13-4-5-14(19)9-17(13)25-3/h4-7,9,16H,8,10-12H2,1-3H3/t16-/m0/s1. The van der Waals surface area contributed by atoms with E-state index < -0.39 is 0 Å². The van der Waals surface area contributed by atoms with Crippen LogP contribution in [-0.2, 0) is 17.8 Å². The largest absolute Gasteiger partial charge is 0.496 e. The maximum atomic E-state index is 13.3. The Kier molecular flexibility index (Phi) is 5.03. The van der Waals surface area contributed by atoms with Gasteiger partial charge in [-0.3, -0.25) is 9.48 Å². The third-order valence-electron chi connectivity index (χ3n) is 4.40. The highest BCUT2D eigenvalue weighted by Gasteiger charge is 2.29. The fraction of sp³-hybridized carbons (Fsp3) is 0.444. The highest BCUT2D eigenvalue weighted by molar-refractivity contribution is 5.79. The lowest BCUT2D eigenvalue weighted by Crippen LogP contribution is -2.44. The summed E-state index contributed by atoms with van der Waals surface area (Å²) in [6, 6.07) is 6.33. The first kappa shape index (κ1) is 17.4. The first-order valence-electron chi connectivity index (χ1n) is 8.25. The van der Waals surface area contributed by atoms with Crippen LogP contribution >= 0.6 is 0 Å². The van der Waals surface area contributed by atoms with E-state index in [2.05, 4.69) is 10.00 Å². The maximum absolute atomic E-state index is 13.3. The summed E-state index contributed by atoms with van der Waals surface area (Å²) in [5.41, 5.74) is 1.72. The maximum Gasteiger partial charge on any atom is 0.227 e. The molecule has 2 aromatic rings. The van der Waals surface area contributed by atoms with E-state index >= 15 is 0 Å². The number of halogens is 1. The van der Waals surface area contributed by atoms with Crippen LogP contribution in [0.5, 0.6) is 5.75 Å². The number of carbonyl (C=O) groups excluding carboxylic acids is 1. The Bertz CT molecular complexity index is 759. The van der Waals surface area contributed by atoms with Crippen molar-refractivity contribution in [2.24, 2.45) is 0 Å². The lowest BCUT2D eigenvalue weighted by Gasteiger charge is -2.35. The van der Waals surface area contributed by atoms with Crippen molar-refractivity contribution in [1.29, 1.82) is 0 Å². The van der Waals surface area contributed by atoms with E-state index in [1.807, 2.05) is 29.7 Å². The molecule has 0 N–H and O–H groups in total. The second kappa shape index (κ2) is 7.23. The molecule has 134 valence electrons.